The molecule has 0 saturated heterocycles. The molecule has 0 heterocycles. The minimum absolute atomic E-state index is 0.0170. The van der Waals surface area contributed by atoms with E-state index in [4.69, 9.17) is 11.6 Å². The number of benzene rings is 4. The lowest BCUT2D eigenvalue weighted by molar-refractivity contribution is 0.103. The summed E-state index contributed by atoms with van der Waals surface area (Å²) in [7, 11) is 0. The van der Waals surface area contributed by atoms with E-state index in [2.05, 4.69) is 0 Å². The third kappa shape index (κ3) is 4.50. The molecule has 0 N–H and O–H groups in total. The topological polar surface area (TPSA) is 34.1 Å². The van der Waals surface area contributed by atoms with Crippen LogP contribution in [0.2, 0.25) is 5.02 Å². The summed E-state index contributed by atoms with van der Waals surface area (Å²) in [5.74, 6) is -0.0795. The van der Waals surface area contributed by atoms with E-state index < -0.39 is 0 Å². The van der Waals surface area contributed by atoms with Crippen molar-refractivity contribution in [2.45, 2.75) is 13.8 Å². The van der Waals surface area contributed by atoms with Crippen molar-refractivity contribution < 1.29 is 9.59 Å². The van der Waals surface area contributed by atoms with Gasteiger partial charge in [0.05, 0.1) is 0 Å². The molecular formula is C28H21ClO2. The van der Waals surface area contributed by atoms with Crippen LogP contribution in [0, 0.1) is 13.8 Å². The Hall–Kier alpha value is -3.49. The molecule has 0 atom stereocenters. The van der Waals surface area contributed by atoms with E-state index in [0.717, 1.165) is 22.3 Å². The van der Waals surface area contributed by atoms with Crippen LogP contribution in [0.4, 0.5) is 0 Å². The average molecular weight is 425 g/mol. The van der Waals surface area contributed by atoms with Crippen LogP contribution in [0.5, 0.6) is 0 Å². The molecular weight excluding hydrogens is 404 g/mol. The molecule has 31 heavy (non-hydrogen) atoms. The number of ketones is 2. The summed E-state index contributed by atoms with van der Waals surface area (Å²) in [6, 6.07) is 27.7. The van der Waals surface area contributed by atoms with E-state index in [1.54, 1.807) is 24.3 Å². The van der Waals surface area contributed by atoms with Gasteiger partial charge in [-0.25, -0.2) is 0 Å². The number of carbonyl (C=O) groups is 2. The maximum absolute atomic E-state index is 12.7. The molecule has 4 aromatic carbocycles. The smallest absolute Gasteiger partial charge is 0.193 e. The minimum atomic E-state index is -0.0625. The molecule has 0 aliphatic heterocycles. The highest BCUT2D eigenvalue weighted by Gasteiger charge is 2.13. The third-order valence-electron chi connectivity index (χ3n) is 5.32. The van der Waals surface area contributed by atoms with Crippen molar-refractivity contribution in [3.63, 3.8) is 0 Å². The molecule has 0 aliphatic rings. The molecule has 0 radical (unpaired) electrons. The lowest BCUT2D eigenvalue weighted by Crippen LogP contribution is -2.02. The molecule has 0 spiro atoms. The van der Waals surface area contributed by atoms with E-state index in [9.17, 15) is 9.59 Å². The van der Waals surface area contributed by atoms with Crippen LogP contribution in [0.15, 0.2) is 91.0 Å². The van der Waals surface area contributed by atoms with Crippen molar-refractivity contribution in [3.8, 4) is 11.1 Å². The SMILES string of the molecule is Cc1ccc(C(=O)c2ccc(-c3ccc(C(=O)c4ccc(C)cc4)cc3Cl)cc2)cc1. The summed E-state index contributed by atoms with van der Waals surface area (Å²) in [4.78, 5) is 25.4. The second-order valence-electron chi connectivity index (χ2n) is 7.66. The Bertz CT molecular complexity index is 1250. The zero-order valence-electron chi connectivity index (χ0n) is 17.4. The summed E-state index contributed by atoms with van der Waals surface area (Å²) in [6.07, 6.45) is 0. The lowest BCUT2D eigenvalue weighted by Gasteiger charge is -2.09. The molecule has 0 bridgehead atoms. The summed E-state index contributed by atoms with van der Waals surface area (Å²) in [5, 5.41) is 0.496. The summed E-state index contributed by atoms with van der Waals surface area (Å²) in [5.41, 5.74) is 6.39. The Balaban J connectivity index is 1.57. The van der Waals surface area contributed by atoms with E-state index in [0.29, 0.717) is 27.3 Å². The van der Waals surface area contributed by atoms with Gasteiger partial charge in [0, 0.05) is 32.8 Å². The second kappa shape index (κ2) is 8.71. The highest BCUT2D eigenvalue weighted by atomic mass is 35.5. The van der Waals surface area contributed by atoms with Gasteiger partial charge in [0.2, 0.25) is 0 Å². The van der Waals surface area contributed by atoms with Gasteiger partial charge in [-0.05, 0) is 25.5 Å². The van der Waals surface area contributed by atoms with Crippen molar-refractivity contribution >= 4 is 23.2 Å². The van der Waals surface area contributed by atoms with E-state index >= 15 is 0 Å². The van der Waals surface area contributed by atoms with Crippen molar-refractivity contribution in [3.05, 3.63) is 129 Å². The maximum Gasteiger partial charge on any atom is 0.193 e. The Morgan fingerprint density at radius 1 is 0.548 bits per heavy atom. The van der Waals surface area contributed by atoms with Gasteiger partial charge in [-0.15, -0.1) is 0 Å². The largest absolute Gasteiger partial charge is 0.289 e. The van der Waals surface area contributed by atoms with Crippen molar-refractivity contribution in [2.24, 2.45) is 0 Å². The van der Waals surface area contributed by atoms with Crippen LogP contribution in [0.25, 0.3) is 11.1 Å². The fourth-order valence-corrected chi connectivity index (χ4v) is 3.72. The number of aryl methyl sites for hydroxylation is 2. The van der Waals surface area contributed by atoms with E-state index in [1.807, 2.05) is 80.6 Å². The monoisotopic (exact) mass is 424 g/mol. The number of halogens is 1. The molecule has 0 aliphatic carbocycles. The van der Waals surface area contributed by atoms with Gasteiger partial charge >= 0.3 is 0 Å². The number of hydrogen-bond acceptors (Lipinski definition) is 2. The van der Waals surface area contributed by atoms with E-state index in [-0.39, 0.29) is 11.6 Å². The summed E-state index contributed by atoms with van der Waals surface area (Å²) in [6.45, 7) is 3.98. The molecule has 0 unspecified atom stereocenters. The van der Waals surface area contributed by atoms with Crippen molar-refractivity contribution in [2.75, 3.05) is 0 Å². The Kier molecular flexibility index (Phi) is 5.83. The number of hydrogen-bond donors (Lipinski definition) is 0. The highest BCUT2D eigenvalue weighted by molar-refractivity contribution is 6.34. The van der Waals surface area contributed by atoms with Crippen LogP contribution in [-0.2, 0) is 0 Å². The molecule has 152 valence electrons. The first-order valence-corrected chi connectivity index (χ1v) is 10.4. The normalized spacial score (nSPS) is 10.7. The number of rotatable bonds is 5. The molecule has 0 fully saturated rings. The van der Waals surface area contributed by atoms with E-state index in [1.165, 1.54) is 0 Å². The first-order valence-electron chi connectivity index (χ1n) is 10.0. The zero-order chi connectivity index (χ0) is 22.0. The van der Waals surface area contributed by atoms with Crippen molar-refractivity contribution in [1.29, 1.82) is 0 Å². The lowest BCUT2D eigenvalue weighted by atomic mass is 9.97. The highest BCUT2D eigenvalue weighted by Crippen LogP contribution is 2.30. The van der Waals surface area contributed by atoms with Crippen molar-refractivity contribution in [1.82, 2.24) is 0 Å². The van der Waals surface area contributed by atoms with Crippen LogP contribution < -0.4 is 0 Å². The standard InChI is InChI=1S/C28H21ClO2/c1-18-3-7-21(8-4-18)27(30)23-13-11-20(12-14-23)25-16-15-24(17-26(25)29)28(31)22-9-5-19(2)6-10-22/h3-17H,1-2H3. The summed E-state index contributed by atoms with van der Waals surface area (Å²) < 4.78 is 0. The minimum Gasteiger partial charge on any atom is -0.289 e. The van der Waals surface area contributed by atoms with Crippen LogP contribution in [-0.4, -0.2) is 11.6 Å². The predicted octanol–water partition coefficient (Wildman–Crippen LogP) is 7.09. The van der Waals surface area contributed by atoms with Gasteiger partial charge in [-0.3, -0.25) is 9.59 Å². The predicted molar refractivity (Wildman–Crippen MR) is 126 cm³/mol. The maximum atomic E-state index is 12.7. The van der Waals surface area contributed by atoms with Gasteiger partial charge in [0.15, 0.2) is 11.6 Å². The zero-order valence-corrected chi connectivity index (χ0v) is 18.1. The molecule has 3 heteroatoms. The molecule has 0 saturated carbocycles. The molecule has 4 rings (SSSR count). The Labute approximate surface area is 187 Å². The number of carbonyl (C=O) groups excluding carboxylic acids is 2. The van der Waals surface area contributed by atoms with Crippen LogP contribution in [0.3, 0.4) is 0 Å². The van der Waals surface area contributed by atoms with Gasteiger partial charge < -0.3 is 0 Å². The fraction of sp³-hybridized carbons (Fsp3) is 0.0714. The Morgan fingerprint density at radius 2 is 0.935 bits per heavy atom. The molecule has 4 aromatic rings. The second-order valence-corrected chi connectivity index (χ2v) is 8.07. The van der Waals surface area contributed by atoms with Crippen LogP contribution in [0.1, 0.15) is 43.0 Å². The first kappa shape index (κ1) is 20.8. The fourth-order valence-electron chi connectivity index (χ4n) is 3.43. The van der Waals surface area contributed by atoms with Gasteiger partial charge in [-0.1, -0.05) is 108 Å². The quantitative estimate of drug-likeness (QED) is 0.320. The first-order chi connectivity index (χ1) is 14.9. The average Bonchev–Trinajstić information content (AvgIpc) is 2.79. The summed E-state index contributed by atoms with van der Waals surface area (Å²) >= 11 is 6.51. The molecule has 0 amide bonds. The van der Waals surface area contributed by atoms with Gasteiger partial charge in [-0.2, -0.15) is 0 Å². The Morgan fingerprint density at radius 3 is 1.39 bits per heavy atom. The molecule has 2 nitrogen and oxygen atoms in total. The van der Waals surface area contributed by atoms with Gasteiger partial charge in [0.1, 0.15) is 0 Å². The van der Waals surface area contributed by atoms with Gasteiger partial charge in [0.25, 0.3) is 0 Å². The molecule has 0 aromatic heterocycles. The third-order valence-corrected chi connectivity index (χ3v) is 5.63. The van der Waals surface area contributed by atoms with Crippen LogP contribution >= 0.6 is 11.6 Å².